The molecule has 0 radical (unpaired) electrons. The number of benzene rings is 1. The average molecular weight is 232 g/mol. The Morgan fingerprint density at radius 2 is 2.18 bits per heavy atom. The van der Waals surface area contributed by atoms with Crippen molar-refractivity contribution in [1.29, 1.82) is 0 Å². The van der Waals surface area contributed by atoms with Crippen molar-refractivity contribution in [2.75, 3.05) is 0 Å². The molecular formula is C12H16N4O. The monoisotopic (exact) mass is 232 g/mol. The van der Waals surface area contributed by atoms with Crippen LogP contribution in [0.25, 0.3) is 0 Å². The number of ether oxygens (including phenoxy) is 1. The minimum absolute atomic E-state index is 0.0503. The second-order valence-electron chi connectivity index (χ2n) is 3.92. The van der Waals surface area contributed by atoms with Gasteiger partial charge in [0.2, 0.25) is 0 Å². The van der Waals surface area contributed by atoms with E-state index < -0.39 is 0 Å². The lowest BCUT2D eigenvalue weighted by Gasteiger charge is -2.13. The van der Waals surface area contributed by atoms with E-state index in [2.05, 4.69) is 10.1 Å². The maximum Gasteiger partial charge on any atom is 0.164 e. The molecule has 1 aromatic carbocycles. The van der Waals surface area contributed by atoms with Crippen molar-refractivity contribution >= 4 is 0 Å². The Morgan fingerprint density at radius 3 is 2.82 bits per heavy atom. The normalized spacial score (nSPS) is 12.4. The molecule has 0 aliphatic carbocycles. The topological polar surface area (TPSA) is 66.0 Å². The fourth-order valence-electron chi connectivity index (χ4n) is 1.58. The van der Waals surface area contributed by atoms with E-state index in [1.165, 1.54) is 6.33 Å². The molecule has 1 aromatic heterocycles. The number of nitrogens with zero attached hydrogens (tertiary/aromatic N) is 3. The largest absolute Gasteiger partial charge is 0.485 e. The highest BCUT2D eigenvalue weighted by molar-refractivity contribution is 5.35. The first kappa shape index (κ1) is 11.6. The summed E-state index contributed by atoms with van der Waals surface area (Å²) in [6.45, 7) is 2.32. The van der Waals surface area contributed by atoms with Crippen LogP contribution in [-0.2, 0) is 13.7 Å². The minimum atomic E-state index is -0.0503. The van der Waals surface area contributed by atoms with Gasteiger partial charge in [0.15, 0.2) is 5.82 Å². The summed E-state index contributed by atoms with van der Waals surface area (Å²) in [5.74, 6) is 1.58. The molecule has 0 fully saturated rings. The van der Waals surface area contributed by atoms with E-state index in [9.17, 15) is 0 Å². The van der Waals surface area contributed by atoms with Gasteiger partial charge in [0.25, 0.3) is 0 Å². The van der Waals surface area contributed by atoms with Crippen LogP contribution in [0.4, 0.5) is 0 Å². The predicted octanol–water partition coefficient (Wildman–Crippen LogP) is 1.41. The molecule has 90 valence electrons. The minimum Gasteiger partial charge on any atom is -0.485 e. The van der Waals surface area contributed by atoms with Gasteiger partial charge in [-0.25, -0.2) is 4.98 Å². The Labute approximate surface area is 100 Å². The van der Waals surface area contributed by atoms with Gasteiger partial charge in [0.1, 0.15) is 18.7 Å². The van der Waals surface area contributed by atoms with Crippen LogP contribution in [0.5, 0.6) is 5.75 Å². The molecule has 5 heteroatoms. The van der Waals surface area contributed by atoms with Crippen molar-refractivity contribution in [1.82, 2.24) is 14.8 Å². The predicted molar refractivity (Wildman–Crippen MR) is 64.4 cm³/mol. The number of hydrogen-bond acceptors (Lipinski definition) is 4. The highest BCUT2D eigenvalue weighted by Crippen LogP contribution is 2.23. The van der Waals surface area contributed by atoms with Crippen LogP contribution in [0.3, 0.4) is 0 Å². The van der Waals surface area contributed by atoms with Crippen molar-refractivity contribution in [3.63, 3.8) is 0 Å². The molecule has 0 amide bonds. The SMILES string of the molecule is C[C@H](N)c1ccccc1OCc1ncnn1C. The zero-order valence-corrected chi connectivity index (χ0v) is 10.00. The quantitative estimate of drug-likeness (QED) is 0.865. The van der Waals surface area contributed by atoms with E-state index in [1.54, 1.807) is 4.68 Å². The van der Waals surface area contributed by atoms with Crippen LogP contribution in [0, 0.1) is 0 Å². The first-order valence-corrected chi connectivity index (χ1v) is 5.48. The van der Waals surface area contributed by atoms with Gasteiger partial charge in [0.05, 0.1) is 0 Å². The maximum absolute atomic E-state index is 5.88. The summed E-state index contributed by atoms with van der Waals surface area (Å²) in [7, 11) is 1.84. The summed E-state index contributed by atoms with van der Waals surface area (Å²) in [5, 5.41) is 3.99. The molecular weight excluding hydrogens is 216 g/mol. The Morgan fingerprint density at radius 1 is 1.41 bits per heavy atom. The summed E-state index contributed by atoms with van der Waals surface area (Å²) in [4.78, 5) is 4.10. The van der Waals surface area contributed by atoms with Gasteiger partial charge in [-0.1, -0.05) is 18.2 Å². The van der Waals surface area contributed by atoms with Crippen molar-refractivity contribution in [3.8, 4) is 5.75 Å². The fourth-order valence-corrected chi connectivity index (χ4v) is 1.58. The van der Waals surface area contributed by atoms with Gasteiger partial charge >= 0.3 is 0 Å². The van der Waals surface area contributed by atoms with Crippen LogP contribution in [0.15, 0.2) is 30.6 Å². The van der Waals surface area contributed by atoms with Gasteiger partial charge in [-0.2, -0.15) is 5.10 Å². The number of rotatable bonds is 4. The van der Waals surface area contributed by atoms with Crippen LogP contribution in [0.1, 0.15) is 24.4 Å². The molecule has 0 unspecified atom stereocenters. The van der Waals surface area contributed by atoms with E-state index in [4.69, 9.17) is 10.5 Å². The third-order valence-electron chi connectivity index (χ3n) is 2.57. The van der Waals surface area contributed by atoms with Crippen LogP contribution in [0.2, 0.25) is 0 Å². The van der Waals surface area contributed by atoms with Gasteiger partial charge in [-0.05, 0) is 13.0 Å². The summed E-state index contributed by atoms with van der Waals surface area (Å²) >= 11 is 0. The molecule has 0 saturated heterocycles. The molecule has 17 heavy (non-hydrogen) atoms. The highest BCUT2D eigenvalue weighted by Gasteiger charge is 2.08. The Kier molecular flexibility index (Phi) is 3.39. The first-order valence-electron chi connectivity index (χ1n) is 5.48. The molecule has 1 heterocycles. The van der Waals surface area contributed by atoms with Crippen LogP contribution in [-0.4, -0.2) is 14.8 Å². The summed E-state index contributed by atoms with van der Waals surface area (Å²) < 4.78 is 7.41. The second-order valence-corrected chi connectivity index (χ2v) is 3.92. The smallest absolute Gasteiger partial charge is 0.164 e. The second kappa shape index (κ2) is 4.97. The summed E-state index contributed by atoms with van der Waals surface area (Å²) in [6, 6.07) is 7.71. The molecule has 2 N–H and O–H groups in total. The van der Waals surface area contributed by atoms with Crippen LogP contribution < -0.4 is 10.5 Å². The first-order chi connectivity index (χ1) is 8.18. The van der Waals surface area contributed by atoms with Gasteiger partial charge in [-0.15, -0.1) is 0 Å². The zero-order valence-electron chi connectivity index (χ0n) is 10.00. The third kappa shape index (κ3) is 2.62. The zero-order chi connectivity index (χ0) is 12.3. The lowest BCUT2D eigenvalue weighted by atomic mass is 10.1. The van der Waals surface area contributed by atoms with Crippen molar-refractivity contribution in [3.05, 3.63) is 42.0 Å². The molecule has 1 atom stereocenters. The van der Waals surface area contributed by atoms with E-state index in [1.807, 2.05) is 38.2 Å². The molecule has 0 aliphatic rings. The van der Waals surface area contributed by atoms with E-state index in [0.717, 1.165) is 17.1 Å². The fraction of sp³-hybridized carbons (Fsp3) is 0.333. The van der Waals surface area contributed by atoms with Crippen molar-refractivity contribution < 1.29 is 4.74 Å². The van der Waals surface area contributed by atoms with E-state index in [-0.39, 0.29) is 6.04 Å². The highest BCUT2D eigenvalue weighted by atomic mass is 16.5. The molecule has 2 aromatic rings. The number of para-hydroxylation sites is 1. The lowest BCUT2D eigenvalue weighted by Crippen LogP contribution is -2.09. The van der Waals surface area contributed by atoms with Gasteiger partial charge < -0.3 is 10.5 Å². The molecule has 0 saturated carbocycles. The summed E-state index contributed by atoms with van der Waals surface area (Å²) in [5.41, 5.74) is 6.88. The van der Waals surface area contributed by atoms with Gasteiger partial charge in [-0.3, -0.25) is 4.68 Å². The molecule has 0 aliphatic heterocycles. The molecule has 2 rings (SSSR count). The number of aryl methyl sites for hydroxylation is 1. The summed E-state index contributed by atoms with van der Waals surface area (Å²) in [6.07, 6.45) is 1.51. The lowest BCUT2D eigenvalue weighted by molar-refractivity contribution is 0.285. The van der Waals surface area contributed by atoms with E-state index in [0.29, 0.717) is 6.61 Å². The Balaban J connectivity index is 2.11. The molecule has 0 bridgehead atoms. The number of aromatic nitrogens is 3. The maximum atomic E-state index is 5.88. The third-order valence-corrected chi connectivity index (χ3v) is 2.57. The molecule has 0 spiro atoms. The Hall–Kier alpha value is -1.88. The van der Waals surface area contributed by atoms with Crippen molar-refractivity contribution in [2.24, 2.45) is 12.8 Å². The number of hydrogen-bond donors (Lipinski definition) is 1. The van der Waals surface area contributed by atoms with E-state index >= 15 is 0 Å². The van der Waals surface area contributed by atoms with Crippen molar-refractivity contribution in [2.45, 2.75) is 19.6 Å². The molecule has 5 nitrogen and oxygen atoms in total. The average Bonchev–Trinajstić information content (AvgIpc) is 2.72. The number of nitrogens with two attached hydrogens (primary N) is 1. The standard InChI is InChI=1S/C12H16N4O/c1-9(13)10-5-3-4-6-11(10)17-7-12-14-8-15-16(12)2/h3-6,8-9H,7,13H2,1-2H3/t9-/m0/s1. The van der Waals surface area contributed by atoms with Gasteiger partial charge in [0, 0.05) is 18.7 Å². The van der Waals surface area contributed by atoms with Crippen LogP contribution >= 0.6 is 0 Å². The Bertz CT molecular complexity index is 493.